The predicted octanol–water partition coefficient (Wildman–Crippen LogP) is 4.66. The summed E-state index contributed by atoms with van der Waals surface area (Å²) in [6, 6.07) is 3.25. The largest absolute Gasteiger partial charge is 0.451 e. The molecule has 8 nitrogen and oxygen atoms in total. The summed E-state index contributed by atoms with van der Waals surface area (Å²) in [5.74, 6) is -1.86. The fourth-order valence-electron chi connectivity index (χ4n) is 4.69. The van der Waals surface area contributed by atoms with E-state index in [4.69, 9.17) is 0 Å². The van der Waals surface area contributed by atoms with E-state index in [2.05, 4.69) is 19.9 Å². The van der Waals surface area contributed by atoms with Crippen molar-refractivity contribution in [3.05, 3.63) is 65.9 Å². The minimum absolute atomic E-state index is 0.0713. The van der Waals surface area contributed by atoms with Crippen LogP contribution < -0.4 is 0 Å². The normalized spacial score (nSPS) is 22.0. The van der Waals surface area contributed by atoms with Gasteiger partial charge >= 0.3 is 6.18 Å². The molecule has 1 aliphatic carbocycles. The third-order valence-electron chi connectivity index (χ3n) is 7.01. The molecule has 0 radical (unpaired) electrons. The lowest BCUT2D eigenvalue weighted by atomic mass is 10.0. The summed E-state index contributed by atoms with van der Waals surface area (Å²) in [4.78, 5) is 28.7. The van der Waals surface area contributed by atoms with Gasteiger partial charge in [0.15, 0.2) is 5.78 Å². The summed E-state index contributed by atoms with van der Waals surface area (Å²) in [6.07, 6.45) is -2.94. The Morgan fingerprint density at radius 3 is 2.33 bits per heavy atom. The van der Waals surface area contributed by atoms with Gasteiger partial charge in [-0.2, -0.15) is 17.5 Å². The summed E-state index contributed by atoms with van der Waals surface area (Å²) in [5.41, 5.74) is 0.967. The average Bonchev–Trinajstić information content (AvgIpc) is 3.72. The monoisotopic (exact) mass is 581 g/mol. The van der Waals surface area contributed by atoms with Gasteiger partial charge in [0.2, 0.25) is 15.8 Å². The zero-order chi connectivity index (χ0) is 28.8. The molecular weight excluding hydrogens is 557 g/mol. The number of hydrogen-bond acceptors (Lipinski definition) is 7. The van der Waals surface area contributed by atoms with Crippen molar-refractivity contribution in [2.24, 2.45) is 0 Å². The minimum Gasteiger partial charge on any atom is -0.298 e. The Labute approximate surface area is 226 Å². The maximum absolute atomic E-state index is 14.7. The standard InChI is InChI=1S/C26H24F5N5O3S/c1-14-20(28)11-22(36(14)40(38,39)19-7-4-17(27)5-8-19)23(37)9-6-18-10-21(35-24(34-18)15-2-3-15)16-12-32-25(33-13-16)26(29,30)31/h4-5,7-8,10,12-15,20,22H,2-3,6,9,11H2,1H3/t14-,20+,22-/m0/s1. The number of aromatic nitrogens is 4. The molecule has 1 saturated heterocycles. The van der Waals surface area contributed by atoms with Crippen LogP contribution in [0.1, 0.15) is 55.9 Å². The van der Waals surface area contributed by atoms with Gasteiger partial charge in [-0.15, -0.1) is 0 Å². The fourth-order valence-corrected chi connectivity index (χ4v) is 6.52. The number of alkyl halides is 4. The smallest absolute Gasteiger partial charge is 0.298 e. The van der Waals surface area contributed by atoms with Crippen LogP contribution in [0.4, 0.5) is 22.0 Å². The van der Waals surface area contributed by atoms with Crippen molar-refractivity contribution in [3.8, 4) is 11.3 Å². The molecule has 1 aromatic carbocycles. The number of ketones is 1. The van der Waals surface area contributed by atoms with Crippen molar-refractivity contribution in [2.45, 2.75) is 74.3 Å². The summed E-state index contributed by atoms with van der Waals surface area (Å²) >= 11 is 0. The Kier molecular flexibility index (Phi) is 7.42. The highest BCUT2D eigenvalue weighted by Gasteiger charge is 2.48. The molecule has 3 heterocycles. The van der Waals surface area contributed by atoms with E-state index >= 15 is 0 Å². The van der Waals surface area contributed by atoms with E-state index in [-0.39, 0.29) is 35.6 Å². The van der Waals surface area contributed by atoms with Gasteiger partial charge in [0.25, 0.3) is 0 Å². The second-order valence-electron chi connectivity index (χ2n) is 9.93. The second kappa shape index (κ2) is 10.5. The number of Topliss-reactive ketones (excluding diaryl/α,β-unsaturated/α-hetero) is 1. The molecule has 40 heavy (non-hydrogen) atoms. The first-order chi connectivity index (χ1) is 18.8. The molecule has 212 valence electrons. The number of benzene rings is 1. The molecule has 1 saturated carbocycles. The summed E-state index contributed by atoms with van der Waals surface area (Å²) in [6.45, 7) is 1.38. The highest BCUT2D eigenvalue weighted by atomic mass is 32.2. The van der Waals surface area contributed by atoms with E-state index in [0.717, 1.165) is 53.8 Å². The number of rotatable bonds is 8. The quantitative estimate of drug-likeness (QED) is 0.356. The van der Waals surface area contributed by atoms with Crippen molar-refractivity contribution in [3.63, 3.8) is 0 Å². The first-order valence-corrected chi connectivity index (χ1v) is 14.0. The molecule has 0 spiro atoms. The van der Waals surface area contributed by atoms with E-state index in [0.29, 0.717) is 17.2 Å². The molecule has 3 aromatic rings. The third kappa shape index (κ3) is 5.73. The maximum atomic E-state index is 14.7. The van der Waals surface area contributed by atoms with Crippen LogP contribution in [0.25, 0.3) is 11.3 Å². The number of carbonyl (C=O) groups excluding carboxylic acids is 1. The van der Waals surface area contributed by atoms with Gasteiger partial charge in [-0.05, 0) is 56.5 Å². The van der Waals surface area contributed by atoms with Crippen LogP contribution in [0.2, 0.25) is 0 Å². The first kappa shape index (κ1) is 28.1. The van der Waals surface area contributed by atoms with Crippen LogP contribution in [-0.2, 0) is 27.4 Å². The van der Waals surface area contributed by atoms with Gasteiger partial charge in [0.1, 0.15) is 17.8 Å². The Morgan fingerprint density at radius 2 is 1.73 bits per heavy atom. The Bertz CT molecular complexity index is 1510. The highest BCUT2D eigenvalue weighted by molar-refractivity contribution is 7.89. The Hall–Kier alpha value is -3.39. The molecule has 0 unspecified atom stereocenters. The molecular formula is C26H24F5N5O3S. The van der Waals surface area contributed by atoms with Crippen molar-refractivity contribution in [2.75, 3.05) is 0 Å². The van der Waals surface area contributed by atoms with Crippen LogP contribution in [0.5, 0.6) is 0 Å². The minimum atomic E-state index is -4.69. The number of sulfonamides is 1. The Morgan fingerprint density at radius 1 is 1.07 bits per heavy atom. The van der Waals surface area contributed by atoms with E-state index in [1.807, 2.05) is 0 Å². The van der Waals surface area contributed by atoms with Gasteiger partial charge in [0, 0.05) is 42.4 Å². The zero-order valence-corrected chi connectivity index (χ0v) is 22.0. The highest BCUT2D eigenvalue weighted by Crippen LogP contribution is 2.39. The van der Waals surface area contributed by atoms with E-state index in [9.17, 15) is 35.2 Å². The third-order valence-corrected chi connectivity index (χ3v) is 9.02. The predicted molar refractivity (Wildman–Crippen MR) is 132 cm³/mol. The molecule has 0 amide bonds. The van der Waals surface area contributed by atoms with E-state index in [1.165, 1.54) is 13.0 Å². The average molecular weight is 582 g/mol. The molecule has 3 atom stereocenters. The van der Waals surface area contributed by atoms with Gasteiger partial charge in [-0.3, -0.25) is 4.79 Å². The molecule has 14 heteroatoms. The second-order valence-corrected chi connectivity index (χ2v) is 11.8. The van der Waals surface area contributed by atoms with Crippen LogP contribution in [0.15, 0.2) is 47.6 Å². The van der Waals surface area contributed by atoms with Crippen molar-refractivity contribution >= 4 is 15.8 Å². The number of halogens is 5. The van der Waals surface area contributed by atoms with Crippen LogP contribution >= 0.6 is 0 Å². The van der Waals surface area contributed by atoms with Gasteiger partial charge in [-0.1, -0.05) is 0 Å². The summed E-state index contributed by atoms with van der Waals surface area (Å²) < 4.78 is 94.1. The van der Waals surface area contributed by atoms with Crippen molar-refractivity contribution < 1.29 is 35.2 Å². The van der Waals surface area contributed by atoms with Gasteiger partial charge in [-0.25, -0.2) is 37.1 Å². The fraction of sp³-hybridized carbons (Fsp3) is 0.423. The lowest BCUT2D eigenvalue weighted by molar-refractivity contribution is -0.145. The van der Waals surface area contributed by atoms with Crippen molar-refractivity contribution in [1.82, 2.24) is 24.2 Å². The summed E-state index contributed by atoms with van der Waals surface area (Å²) in [7, 11) is -4.29. The molecule has 2 aliphatic rings. The van der Waals surface area contributed by atoms with E-state index in [1.54, 1.807) is 0 Å². The van der Waals surface area contributed by atoms with Crippen LogP contribution in [-0.4, -0.2) is 56.7 Å². The molecule has 5 rings (SSSR count). The SMILES string of the molecule is C[C@H]1[C@H](F)C[C@@H](C(=O)CCc2cc(-c3cnc(C(F)(F)F)nc3)nc(C3CC3)n2)N1S(=O)(=O)c1ccc(F)cc1. The van der Waals surface area contributed by atoms with Crippen LogP contribution in [0.3, 0.4) is 0 Å². The molecule has 2 fully saturated rings. The molecule has 0 bridgehead atoms. The maximum Gasteiger partial charge on any atom is 0.451 e. The topological polar surface area (TPSA) is 106 Å². The van der Waals surface area contributed by atoms with Crippen LogP contribution in [0, 0.1) is 5.82 Å². The number of aryl methyl sites for hydroxylation is 1. The Balaban J connectivity index is 1.37. The first-order valence-electron chi connectivity index (χ1n) is 12.6. The van der Waals surface area contributed by atoms with E-state index < -0.39 is 51.9 Å². The molecule has 2 aromatic heterocycles. The summed E-state index contributed by atoms with van der Waals surface area (Å²) in [5, 5.41) is 0. The zero-order valence-electron chi connectivity index (χ0n) is 21.1. The van der Waals surface area contributed by atoms with Gasteiger partial charge in [0.05, 0.1) is 22.7 Å². The van der Waals surface area contributed by atoms with Gasteiger partial charge < -0.3 is 0 Å². The lowest BCUT2D eigenvalue weighted by Crippen LogP contribution is -2.44. The molecule has 0 N–H and O–H groups in total. The lowest BCUT2D eigenvalue weighted by Gasteiger charge is -2.26. The number of carbonyl (C=O) groups is 1. The molecule has 1 aliphatic heterocycles. The number of nitrogens with zero attached hydrogens (tertiary/aromatic N) is 5. The number of hydrogen-bond donors (Lipinski definition) is 0. The van der Waals surface area contributed by atoms with Crippen molar-refractivity contribution in [1.29, 1.82) is 0 Å².